The van der Waals surface area contributed by atoms with Crippen LogP contribution in [0.5, 0.6) is 0 Å². The zero-order chi connectivity index (χ0) is 14.7. The van der Waals surface area contributed by atoms with E-state index in [2.05, 4.69) is 11.0 Å². The van der Waals surface area contributed by atoms with Crippen LogP contribution in [0.2, 0.25) is 0 Å². The average molecular weight is 317 g/mol. The molecule has 22 heavy (non-hydrogen) atoms. The molecule has 5 rings (SSSR count). The van der Waals surface area contributed by atoms with Gasteiger partial charge in [-0.2, -0.15) is 0 Å². The molecule has 2 saturated heterocycles. The molecular weight excluding hydrogens is 294 g/mol. The fourth-order valence-electron chi connectivity index (χ4n) is 5.45. The highest BCUT2D eigenvalue weighted by atomic mass is 32.1. The number of hydrogen-bond donors (Lipinski definition) is 0. The predicted octanol–water partition coefficient (Wildman–Crippen LogP) is 3.72. The van der Waals surface area contributed by atoms with Crippen LogP contribution in [-0.2, 0) is 4.74 Å². The molecule has 0 aromatic carbocycles. The summed E-state index contributed by atoms with van der Waals surface area (Å²) in [5.74, 6) is 3.71. The molecule has 2 bridgehead atoms. The van der Waals surface area contributed by atoms with Crippen LogP contribution in [0.15, 0.2) is 12.1 Å². The Balaban J connectivity index is 1.31. The molecule has 3 nitrogen and oxygen atoms in total. The molecule has 2 aliphatic carbocycles. The van der Waals surface area contributed by atoms with Gasteiger partial charge in [0.25, 0.3) is 5.91 Å². The fraction of sp³-hybridized carbons (Fsp3) is 0.722. The van der Waals surface area contributed by atoms with E-state index in [0.717, 1.165) is 61.1 Å². The van der Waals surface area contributed by atoms with Gasteiger partial charge in [-0.15, -0.1) is 11.3 Å². The Kier molecular flexibility index (Phi) is 3.12. The zero-order valence-electron chi connectivity index (χ0n) is 12.9. The van der Waals surface area contributed by atoms with E-state index >= 15 is 0 Å². The molecule has 1 amide bonds. The SMILES string of the molecule is O=C(c1ccc([C@@H]2CCCO2)s1)N1C[C@@H]2[C@@H]3CC[C@@H](C3)[C@@H]2C1. The first-order valence-corrected chi connectivity index (χ1v) is 9.62. The third-order valence-electron chi connectivity index (χ3n) is 6.51. The number of fused-ring (bicyclic) bond motifs is 5. The normalized spacial score (nSPS) is 39.6. The second kappa shape index (κ2) is 5.07. The summed E-state index contributed by atoms with van der Waals surface area (Å²) in [5.41, 5.74) is 0. The van der Waals surface area contributed by atoms with Gasteiger partial charge in [0, 0.05) is 24.6 Å². The van der Waals surface area contributed by atoms with E-state index in [4.69, 9.17) is 4.74 Å². The maximum absolute atomic E-state index is 12.8. The van der Waals surface area contributed by atoms with Crippen LogP contribution in [-0.4, -0.2) is 30.5 Å². The molecule has 0 N–H and O–H groups in total. The molecule has 0 radical (unpaired) electrons. The number of hydrogen-bond acceptors (Lipinski definition) is 3. The van der Waals surface area contributed by atoms with E-state index in [0.29, 0.717) is 0 Å². The summed E-state index contributed by atoms with van der Waals surface area (Å²) in [4.78, 5) is 17.1. The minimum Gasteiger partial charge on any atom is -0.373 e. The molecule has 0 spiro atoms. The Morgan fingerprint density at radius 2 is 1.91 bits per heavy atom. The zero-order valence-corrected chi connectivity index (χ0v) is 13.7. The average Bonchev–Trinajstić information content (AvgIpc) is 3.35. The van der Waals surface area contributed by atoms with Gasteiger partial charge >= 0.3 is 0 Å². The first kappa shape index (κ1) is 13.6. The van der Waals surface area contributed by atoms with Crippen molar-refractivity contribution in [3.05, 3.63) is 21.9 Å². The minimum atomic E-state index is 0.236. The monoisotopic (exact) mass is 317 g/mol. The Hall–Kier alpha value is -0.870. The Morgan fingerprint density at radius 3 is 2.59 bits per heavy atom. The van der Waals surface area contributed by atoms with Crippen LogP contribution in [0.3, 0.4) is 0 Å². The number of carbonyl (C=O) groups is 1. The molecule has 1 aromatic rings. The highest BCUT2D eigenvalue weighted by molar-refractivity contribution is 7.14. The van der Waals surface area contributed by atoms with Gasteiger partial charge in [0.15, 0.2) is 0 Å². The topological polar surface area (TPSA) is 29.5 Å². The molecule has 2 saturated carbocycles. The van der Waals surface area contributed by atoms with Crippen molar-refractivity contribution in [2.45, 2.75) is 38.2 Å². The lowest BCUT2D eigenvalue weighted by Gasteiger charge is -2.22. The van der Waals surface area contributed by atoms with E-state index in [-0.39, 0.29) is 12.0 Å². The van der Waals surface area contributed by atoms with Crippen LogP contribution < -0.4 is 0 Å². The number of likely N-dealkylation sites (tertiary alicyclic amines) is 1. The Bertz CT molecular complexity index is 574. The first-order chi connectivity index (χ1) is 10.8. The van der Waals surface area contributed by atoms with Crippen LogP contribution in [0.25, 0.3) is 0 Å². The van der Waals surface area contributed by atoms with Gasteiger partial charge in [0.05, 0.1) is 11.0 Å². The quantitative estimate of drug-likeness (QED) is 0.832. The first-order valence-electron chi connectivity index (χ1n) is 8.80. The lowest BCUT2D eigenvalue weighted by Crippen LogP contribution is -2.29. The summed E-state index contributed by atoms with van der Waals surface area (Å²) >= 11 is 1.65. The van der Waals surface area contributed by atoms with Crippen molar-refractivity contribution in [1.29, 1.82) is 0 Å². The standard InChI is InChI=1S/C18H23NO2S/c20-18(17-6-5-16(22-17)15-2-1-7-21-15)19-9-13-11-3-4-12(8-11)14(13)10-19/h5-6,11-15H,1-4,7-10H2/t11-,12+,13-,14+,15-/m0/s1. The number of thiophene rings is 1. The van der Waals surface area contributed by atoms with Crippen molar-refractivity contribution in [1.82, 2.24) is 4.90 Å². The Morgan fingerprint density at radius 1 is 1.14 bits per heavy atom. The number of ether oxygens (including phenoxy) is 1. The molecule has 0 unspecified atom stereocenters. The van der Waals surface area contributed by atoms with Gasteiger partial charge in [-0.3, -0.25) is 4.79 Å². The molecule has 3 heterocycles. The summed E-state index contributed by atoms with van der Waals surface area (Å²) in [7, 11) is 0. The lowest BCUT2D eigenvalue weighted by atomic mass is 9.82. The van der Waals surface area contributed by atoms with Crippen LogP contribution in [0.4, 0.5) is 0 Å². The summed E-state index contributed by atoms with van der Waals surface area (Å²) in [6.07, 6.45) is 6.75. The molecule has 4 fully saturated rings. The van der Waals surface area contributed by atoms with Crippen molar-refractivity contribution in [3.8, 4) is 0 Å². The lowest BCUT2D eigenvalue weighted by molar-refractivity contribution is 0.0781. The van der Waals surface area contributed by atoms with Gasteiger partial charge in [0.1, 0.15) is 0 Å². The second-order valence-electron chi connectivity index (χ2n) is 7.57. The van der Waals surface area contributed by atoms with Crippen LogP contribution >= 0.6 is 11.3 Å². The summed E-state index contributed by atoms with van der Waals surface area (Å²) in [5, 5.41) is 0. The summed E-state index contributed by atoms with van der Waals surface area (Å²) in [6, 6.07) is 4.13. The van der Waals surface area contributed by atoms with Crippen LogP contribution in [0.1, 0.15) is 52.8 Å². The number of carbonyl (C=O) groups excluding carboxylic acids is 1. The second-order valence-corrected chi connectivity index (χ2v) is 8.69. The van der Waals surface area contributed by atoms with E-state index < -0.39 is 0 Å². The minimum absolute atomic E-state index is 0.236. The van der Waals surface area contributed by atoms with Gasteiger partial charge < -0.3 is 9.64 Å². The molecule has 118 valence electrons. The van der Waals surface area contributed by atoms with Crippen molar-refractivity contribution in [3.63, 3.8) is 0 Å². The van der Waals surface area contributed by atoms with Crippen molar-refractivity contribution in [2.24, 2.45) is 23.7 Å². The largest absolute Gasteiger partial charge is 0.373 e. The van der Waals surface area contributed by atoms with Gasteiger partial charge in [-0.05, 0) is 67.9 Å². The smallest absolute Gasteiger partial charge is 0.263 e. The van der Waals surface area contributed by atoms with Crippen molar-refractivity contribution >= 4 is 17.2 Å². The summed E-state index contributed by atoms with van der Waals surface area (Å²) < 4.78 is 5.74. The number of nitrogens with zero attached hydrogens (tertiary/aromatic N) is 1. The molecular formula is C18H23NO2S. The highest BCUT2D eigenvalue weighted by Crippen LogP contribution is 2.55. The molecule has 1 aromatic heterocycles. The van der Waals surface area contributed by atoms with E-state index in [1.165, 1.54) is 24.1 Å². The van der Waals surface area contributed by atoms with Gasteiger partial charge in [-0.1, -0.05) is 0 Å². The number of amides is 1. The van der Waals surface area contributed by atoms with Gasteiger partial charge in [-0.25, -0.2) is 0 Å². The van der Waals surface area contributed by atoms with Crippen molar-refractivity contribution < 1.29 is 9.53 Å². The molecule has 5 atom stereocenters. The third-order valence-corrected chi connectivity index (χ3v) is 7.67. The number of rotatable bonds is 2. The molecule has 2 aliphatic heterocycles. The third kappa shape index (κ3) is 2.00. The molecule has 4 aliphatic rings. The molecule has 4 heteroatoms. The van der Waals surface area contributed by atoms with Gasteiger partial charge in [0.2, 0.25) is 0 Å². The predicted molar refractivity (Wildman–Crippen MR) is 86.0 cm³/mol. The maximum atomic E-state index is 12.8. The Labute approximate surface area is 135 Å². The highest BCUT2D eigenvalue weighted by Gasteiger charge is 2.52. The van der Waals surface area contributed by atoms with Crippen molar-refractivity contribution in [2.75, 3.05) is 19.7 Å². The summed E-state index contributed by atoms with van der Waals surface area (Å²) in [6.45, 7) is 2.89. The fourth-order valence-corrected chi connectivity index (χ4v) is 6.51. The van der Waals surface area contributed by atoms with Crippen LogP contribution in [0, 0.1) is 23.7 Å². The van der Waals surface area contributed by atoms with E-state index in [1.54, 1.807) is 11.3 Å². The maximum Gasteiger partial charge on any atom is 0.263 e. The van der Waals surface area contributed by atoms with E-state index in [1.807, 2.05) is 6.07 Å². The van der Waals surface area contributed by atoms with E-state index in [9.17, 15) is 4.79 Å².